The van der Waals surface area contributed by atoms with Crippen molar-refractivity contribution in [2.24, 2.45) is 0 Å². The lowest BCUT2D eigenvalue weighted by Gasteiger charge is -2.19. The minimum atomic E-state index is -0.618. The number of ether oxygens (including phenoxy) is 3. The summed E-state index contributed by atoms with van der Waals surface area (Å²) in [5.41, 5.74) is 1.84. The van der Waals surface area contributed by atoms with Crippen molar-refractivity contribution in [2.75, 3.05) is 13.7 Å². The molecule has 7 heteroatoms. The van der Waals surface area contributed by atoms with E-state index in [1.807, 2.05) is 52.0 Å². The van der Waals surface area contributed by atoms with Crippen molar-refractivity contribution in [2.45, 2.75) is 65.1 Å². The molecule has 2 aromatic carbocycles. The molecular formula is C26H34N2O5. The number of unbranched alkanes of at least 4 members (excludes halogenated alkanes) is 1. The predicted molar refractivity (Wildman–Crippen MR) is 128 cm³/mol. The Morgan fingerprint density at radius 2 is 1.82 bits per heavy atom. The number of carbonyl (C=O) groups excluding carboxylic acids is 1. The maximum absolute atomic E-state index is 12.5. The van der Waals surface area contributed by atoms with Gasteiger partial charge in [-0.15, -0.1) is 0 Å². The molecule has 1 aromatic heterocycles. The summed E-state index contributed by atoms with van der Waals surface area (Å²) in [5, 5.41) is 15.5. The third-order valence-corrected chi connectivity index (χ3v) is 5.27. The Morgan fingerprint density at radius 3 is 2.55 bits per heavy atom. The number of aliphatic hydroxyl groups is 1. The van der Waals surface area contributed by atoms with Crippen molar-refractivity contribution >= 4 is 17.0 Å². The topological polar surface area (TPSA) is 82.8 Å². The Morgan fingerprint density at radius 1 is 1.09 bits per heavy atom. The molecule has 0 saturated heterocycles. The van der Waals surface area contributed by atoms with Gasteiger partial charge in [0.05, 0.1) is 29.8 Å². The zero-order valence-electron chi connectivity index (χ0n) is 20.1. The Balaban J connectivity index is 1.57. The molecule has 33 heavy (non-hydrogen) atoms. The third kappa shape index (κ3) is 6.48. The number of methoxy groups -OCH3 is 1. The van der Waals surface area contributed by atoms with Gasteiger partial charge in [-0.3, -0.25) is 0 Å². The molecule has 178 valence electrons. The van der Waals surface area contributed by atoms with Crippen LogP contribution in [0.3, 0.4) is 0 Å². The highest BCUT2D eigenvalue weighted by atomic mass is 16.6. The smallest absolute Gasteiger partial charge is 0.435 e. The van der Waals surface area contributed by atoms with E-state index in [0.717, 1.165) is 30.4 Å². The monoisotopic (exact) mass is 454 g/mol. The highest BCUT2D eigenvalue weighted by Crippen LogP contribution is 2.29. The highest BCUT2D eigenvalue weighted by molar-refractivity contribution is 5.93. The molecule has 7 nitrogen and oxygen atoms in total. The number of benzene rings is 2. The van der Waals surface area contributed by atoms with Gasteiger partial charge >= 0.3 is 6.09 Å². The third-order valence-electron chi connectivity index (χ3n) is 5.27. The van der Waals surface area contributed by atoms with E-state index in [1.54, 1.807) is 19.2 Å². The fraction of sp³-hybridized carbons (Fsp3) is 0.462. The quantitative estimate of drug-likeness (QED) is 0.443. The summed E-state index contributed by atoms with van der Waals surface area (Å²) in [6.07, 6.45) is 2.25. The second-order valence-corrected chi connectivity index (χ2v) is 9.15. The van der Waals surface area contributed by atoms with E-state index in [2.05, 4.69) is 11.2 Å². The molecule has 1 heterocycles. The van der Waals surface area contributed by atoms with Crippen molar-refractivity contribution < 1.29 is 24.1 Å². The van der Waals surface area contributed by atoms with Crippen molar-refractivity contribution in [1.82, 2.24) is 9.78 Å². The van der Waals surface area contributed by atoms with E-state index in [0.29, 0.717) is 23.4 Å². The van der Waals surface area contributed by atoms with Gasteiger partial charge in [0.1, 0.15) is 23.7 Å². The summed E-state index contributed by atoms with van der Waals surface area (Å²) in [6, 6.07) is 13.4. The predicted octanol–water partition coefficient (Wildman–Crippen LogP) is 5.29. The molecular weight excluding hydrogens is 420 g/mol. The number of aromatic nitrogens is 2. The zero-order valence-corrected chi connectivity index (χ0v) is 20.1. The minimum absolute atomic E-state index is 0.171. The maximum Gasteiger partial charge on any atom is 0.435 e. The van der Waals surface area contributed by atoms with Gasteiger partial charge in [0, 0.05) is 0 Å². The molecule has 0 aliphatic heterocycles. The number of aliphatic hydroxyl groups excluding tert-OH is 1. The van der Waals surface area contributed by atoms with Crippen LogP contribution in [0.15, 0.2) is 42.5 Å². The minimum Gasteiger partial charge on any atom is -0.496 e. The molecule has 1 atom stereocenters. The van der Waals surface area contributed by atoms with Crippen molar-refractivity contribution in [1.29, 1.82) is 0 Å². The summed E-state index contributed by atoms with van der Waals surface area (Å²) >= 11 is 0. The molecule has 3 aromatic rings. The Bertz CT molecular complexity index is 1080. The van der Waals surface area contributed by atoms with Crippen LogP contribution >= 0.6 is 0 Å². The van der Waals surface area contributed by atoms with Crippen LogP contribution in [-0.4, -0.2) is 46.4 Å². The van der Waals surface area contributed by atoms with Gasteiger partial charge in [-0.05, 0) is 70.7 Å². The van der Waals surface area contributed by atoms with Crippen LogP contribution in [0, 0.1) is 6.92 Å². The van der Waals surface area contributed by atoms with Crippen LogP contribution in [0.1, 0.15) is 51.3 Å². The summed E-state index contributed by atoms with van der Waals surface area (Å²) in [6.45, 7) is 7.44. The van der Waals surface area contributed by atoms with Gasteiger partial charge in [-0.2, -0.15) is 9.78 Å². The molecule has 0 unspecified atom stereocenters. The van der Waals surface area contributed by atoms with Crippen LogP contribution in [0.5, 0.6) is 11.5 Å². The highest BCUT2D eigenvalue weighted by Gasteiger charge is 2.22. The van der Waals surface area contributed by atoms with Gasteiger partial charge in [0.25, 0.3) is 0 Å². The second-order valence-electron chi connectivity index (χ2n) is 9.15. The Labute approximate surface area is 195 Å². The molecule has 0 radical (unpaired) electrons. The number of hydrogen-bond acceptors (Lipinski definition) is 6. The lowest BCUT2D eigenvalue weighted by molar-refractivity contribution is 0.0522. The first-order valence-electron chi connectivity index (χ1n) is 11.3. The first kappa shape index (κ1) is 24.6. The lowest BCUT2D eigenvalue weighted by atomic mass is 10.0. The van der Waals surface area contributed by atoms with Crippen LogP contribution in [0.25, 0.3) is 10.9 Å². The number of fused-ring (bicyclic) bond motifs is 1. The molecule has 0 fully saturated rings. The van der Waals surface area contributed by atoms with E-state index in [-0.39, 0.29) is 6.61 Å². The first-order valence-corrected chi connectivity index (χ1v) is 11.3. The molecule has 0 bridgehead atoms. The largest absolute Gasteiger partial charge is 0.496 e. The fourth-order valence-corrected chi connectivity index (χ4v) is 3.75. The molecule has 3 rings (SSSR count). The van der Waals surface area contributed by atoms with Gasteiger partial charge < -0.3 is 19.3 Å². The van der Waals surface area contributed by atoms with Crippen LogP contribution < -0.4 is 9.47 Å². The van der Waals surface area contributed by atoms with E-state index in [9.17, 15) is 9.90 Å². The summed E-state index contributed by atoms with van der Waals surface area (Å²) < 4.78 is 18.0. The van der Waals surface area contributed by atoms with E-state index in [4.69, 9.17) is 14.2 Å². The van der Waals surface area contributed by atoms with Crippen LogP contribution in [-0.2, 0) is 11.2 Å². The summed E-state index contributed by atoms with van der Waals surface area (Å²) in [7, 11) is 1.68. The van der Waals surface area contributed by atoms with Gasteiger partial charge in [0.15, 0.2) is 0 Å². The molecule has 0 aliphatic rings. The Hall–Kier alpha value is -3.06. The number of para-hydroxylation sites is 1. The van der Waals surface area contributed by atoms with E-state index >= 15 is 0 Å². The normalized spacial score (nSPS) is 12.5. The lowest BCUT2D eigenvalue weighted by Crippen LogP contribution is -2.27. The van der Waals surface area contributed by atoms with Gasteiger partial charge in [-0.1, -0.05) is 30.7 Å². The van der Waals surface area contributed by atoms with Crippen LogP contribution in [0.2, 0.25) is 0 Å². The fourth-order valence-electron chi connectivity index (χ4n) is 3.75. The first-order chi connectivity index (χ1) is 15.7. The number of hydrogen-bond donors (Lipinski definition) is 1. The molecule has 0 aliphatic carbocycles. The standard InChI is InChI=1S/C26H34N2O5/c1-18-24-21(28(27-18)25(30)33-26(2,3)4)14-10-16-23(24)32-17-20(29)13-8-6-11-19-12-7-9-15-22(19)31-5/h7,9-10,12,14-16,20,29H,6,8,11,13,17H2,1-5H3/t20-/m0/s1. The second kappa shape index (κ2) is 10.7. The molecule has 0 amide bonds. The maximum atomic E-state index is 12.5. The SMILES string of the molecule is COc1ccccc1CCCC[C@H](O)COc1cccc2c1c(C)nn2C(=O)OC(C)(C)C. The summed E-state index contributed by atoms with van der Waals surface area (Å²) in [5.74, 6) is 1.49. The zero-order chi connectivity index (χ0) is 24.0. The average Bonchev–Trinajstić information content (AvgIpc) is 3.12. The number of nitrogens with zero attached hydrogens (tertiary/aromatic N) is 2. The number of aryl methyl sites for hydroxylation is 2. The van der Waals surface area contributed by atoms with Crippen molar-refractivity contribution in [3.8, 4) is 11.5 Å². The molecule has 0 spiro atoms. The average molecular weight is 455 g/mol. The number of carbonyl (C=O) groups is 1. The molecule has 1 N–H and O–H groups in total. The Kier molecular flexibility index (Phi) is 7.97. The van der Waals surface area contributed by atoms with Crippen LogP contribution in [0.4, 0.5) is 4.79 Å². The van der Waals surface area contributed by atoms with Gasteiger partial charge in [0.2, 0.25) is 0 Å². The van der Waals surface area contributed by atoms with E-state index in [1.165, 1.54) is 10.2 Å². The van der Waals surface area contributed by atoms with Crippen molar-refractivity contribution in [3.05, 3.63) is 53.7 Å². The van der Waals surface area contributed by atoms with Gasteiger partial charge in [-0.25, -0.2) is 4.79 Å². The number of rotatable bonds is 9. The molecule has 0 saturated carbocycles. The summed E-state index contributed by atoms with van der Waals surface area (Å²) in [4.78, 5) is 12.5. The van der Waals surface area contributed by atoms with Crippen molar-refractivity contribution in [3.63, 3.8) is 0 Å². The van der Waals surface area contributed by atoms with E-state index < -0.39 is 17.8 Å².